The highest BCUT2D eigenvalue weighted by Gasteiger charge is 2.11. The average Bonchev–Trinajstić information content (AvgIpc) is 2.40. The maximum atomic E-state index is 13.8. The molecule has 0 saturated heterocycles. The van der Waals surface area contributed by atoms with Crippen LogP contribution >= 0.6 is 15.9 Å². The highest BCUT2D eigenvalue weighted by molar-refractivity contribution is 9.10. The summed E-state index contributed by atoms with van der Waals surface area (Å²) >= 11 is 3.18. The highest BCUT2D eigenvalue weighted by atomic mass is 79.9. The monoisotopic (exact) mass is 341 g/mol. The molecule has 2 nitrogen and oxygen atoms in total. The fourth-order valence-corrected chi connectivity index (χ4v) is 2.19. The predicted molar refractivity (Wildman–Crippen MR) is 77.6 cm³/mol. The second kappa shape index (κ2) is 6.81. The van der Waals surface area contributed by atoms with E-state index < -0.39 is 11.6 Å². The molecular formula is C15H14BrF2NO. The van der Waals surface area contributed by atoms with Gasteiger partial charge in [-0.25, -0.2) is 8.78 Å². The minimum Gasteiger partial charge on any atom is -0.485 e. The molecule has 0 aromatic heterocycles. The minimum atomic E-state index is -0.464. The fourth-order valence-electron chi connectivity index (χ4n) is 1.86. The standard InChI is InChI=1S/C15H14BrF2NO/c16-12-5-4-11(14(18)8-12)9-20-15-10(6-7-19)2-1-3-13(15)17/h1-5,8H,6-7,9,19H2. The Kier molecular flexibility index (Phi) is 5.09. The lowest BCUT2D eigenvalue weighted by atomic mass is 10.1. The highest BCUT2D eigenvalue weighted by Crippen LogP contribution is 2.25. The number of para-hydroxylation sites is 1. The third-order valence-electron chi connectivity index (χ3n) is 2.85. The van der Waals surface area contributed by atoms with Gasteiger partial charge in [-0.15, -0.1) is 0 Å². The SMILES string of the molecule is NCCc1cccc(F)c1OCc1ccc(Br)cc1F. The molecule has 0 aliphatic rings. The summed E-state index contributed by atoms with van der Waals surface area (Å²) in [7, 11) is 0. The van der Waals surface area contributed by atoms with Crippen molar-refractivity contribution >= 4 is 15.9 Å². The number of hydrogen-bond donors (Lipinski definition) is 1. The van der Waals surface area contributed by atoms with Gasteiger partial charge in [-0.2, -0.15) is 0 Å². The van der Waals surface area contributed by atoms with Crippen LogP contribution in [0.15, 0.2) is 40.9 Å². The number of ether oxygens (including phenoxy) is 1. The molecule has 5 heteroatoms. The Morgan fingerprint density at radius 1 is 1.05 bits per heavy atom. The van der Waals surface area contributed by atoms with E-state index in [1.807, 2.05) is 0 Å². The molecule has 106 valence electrons. The first-order chi connectivity index (χ1) is 9.61. The molecule has 2 aromatic carbocycles. The number of hydrogen-bond acceptors (Lipinski definition) is 2. The molecule has 20 heavy (non-hydrogen) atoms. The molecule has 0 radical (unpaired) electrons. The van der Waals surface area contributed by atoms with E-state index in [4.69, 9.17) is 10.5 Å². The van der Waals surface area contributed by atoms with E-state index in [2.05, 4.69) is 15.9 Å². The molecule has 0 unspecified atom stereocenters. The van der Waals surface area contributed by atoms with Crippen molar-refractivity contribution in [2.24, 2.45) is 5.73 Å². The van der Waals surface area contributed by atoms with E-state index in [1.54, 1.807) is 24.3 Å². The van der Waals surface area contributed by atoms with Gasteiger partial charge in [0.05, 0.1) is 0 Å². The summed E-state index contributed by atoms with van der Waals surface area (Å²) in [6.07, 6.45) is 0.510. The lowest BCUT2D eigenvalue weighted by Crippen LogP contribution is -2.07. The predicted octanol–water partition coefficient (Wildman–Crippen LogP) is 3.81. The minimum absolute atomic E-state index is 0.0301. The Morgan fingerprint density at radius 2 is 1.85 bits per heavy atom. The molecule has 0 amide bonds. The number of benzene rings is 2. The van der Waals surface area contributed by atoms with Gasteiger partial charge < -0.3 is 10.5 Å². The molecule has 0 heterocycles. The number of rotatable bonds is 5. The lowest BCUT2D eigenvalue weighted by molar-refractivity contribution is 0.281. The summed E-state index contributed by atoms with van der Waals surface area (Å²) in [4.78, 5) is 0. The van der Waals surface area contributed by atoms with Crippen molar-refractivity contribution in [3.8, 4) is 5.75 Å². The zero-order valence-electron chi connectivity index (χ0n) is 10.7. The summed E-state index contributed by atoms with van der Waals surface area (Å²) in [6.45, 7) is 0.365. The Bertz CT molecular complexity index is 604. The van der Waals surface area contributed by atoms with Crippen LogP contribution < -0.4 is 10.5 Å². The van der Waals surface area contributed by atoms with Gasteiger partial charge in [0.25, 0.3) is 0 Å². The summed E-state index contributed by atoms with van der Waals surface area (Å²) < 4.78 is 33.5. The van der Waals surface area contributed by atoms with E-state index in [1.165, 1.54) is 12.1 Å². The van der Waals surface area contributed by atoms with Crippen molar-refractivity contribution in [2.75, 3.05) is 6.54 Å². The second-order valence-corrected chi connectivity index (χ2v) is 5.21. The van der Waals surface area contributed by atoms with E-state index in [-0.39, 0.29) is 12.4 Å². The number of halogens is 3. The molecule has 2 aromatic rings. The van der Waals surface area contributed by atoms with Crippen LogP contribution in [0.3, 0.4) is 0 Å². The smallest absolute Gasteiger partial charge is 0.165 e. The Balaban J connectivity index is 2.18. The first-order valence-electron chi connectivity index (χ1n) is 6.16. The molecule has 0 spiro atoms. The third-order valence-corrected chi connectivity index (χ3v) is 3.34. The van der Waals surface area contributed by atoms with Gasteiger partial charge >= 0.3 is 0 Å². The van der Waals surface area contributed by atoms with E-state index >= 15 is 0 Å². The molecule has 0 aliphatic carbocycles. The Morgan fingerprint density at radius 3 is 2.55 bits per heavy atom. The maximum Gasteiger partial charge on any atom is 0.165 e. The lowest BCUT2D eigenvalue weighted by Gasteiger charge is -2.12. The zero-order chi connectivity index (χ0) is 14.5. The second-order valence-electron chi connectivity index (χ2n) is 4.29. The largest absolute Gasteiger partial charge is 0.485 e. The molecule has 0 saturated carbocycles. The zero-order valence-corrected chi connectivity index (χ0v) is 12.3. The molecular weight excluding hydrogens is 328 g/mol. The molecule has 0 aliphatic heterocycles. The summed E-state index contributed by atoms with van der Waals surface area (Å²) in [5.74, 6) is -0.718. The summed E-state index contributed by atoms with van der Waals surface area (Å²) in [6, 6.07) is 9.33. The van der Waals surface area contributed by atoms with Gasteiger partial charge in [0, 0.05) is 10.0 Å². The van der Waals surface area contributed by atoms with Crippen LogP contribution in [0.1, 0.15) is 11.1 Å². The molecule has 0 atom stereocenters. The van der Waals surface area contributed by atoms with E-state index in [0.717, 1.165) is 0 Å². The first kappa shape index (κ1) is 14.9. The van der Waals surface area contributed by atoms with Crippen LogP contribution in [0.4, 0.5) is 8.78 Å². The molecule has 2 rings (SSSR count). The van der Waals surface area contributed by atoms with Gasteiger partial charge in [0.1, 0.15) is 12.4 Å². The topological polar surface area (TPSA) is 35.2 Å². The quantitative estimate of drug-likeness (QED) is 0.897. The van der Waals surface area contributed by atoms with Crippen molar-refractivity contribution in [1.29, 1.82) is 0 Å². The average molecular weight is 342 g/mol. The Labute approximate surface area is 124 Å². The third kappa shape index (κ3) is 3.55. The van der Waals surface area contributed by atoms with Crippen LogP contribution in [-0.4, -0.2) is 6.54 Å². The van der Waals surface area contributed by atoms with Gasteiger partial charge in [-0.3, -0.25) is 0 Å². The first-order valence-corrected chi connectivity index (χ1v) is 6.95. The van der Waals surface area contributed by atoms with E-state index in [9.17, 15) is 8.78 Å². The van der Waals surface area contributed by atoms with Gasteiger partial charge in [0.15, 0.2) is 11.6 Å². The van der Waals surface area contributed by atoms with Gasteiger partial charge in [-0.1, -0.05) is 34.1 Å². The van der Waals surface area contributed by atoms with Gasteiger partial charge in [0.2, 0.25) is 0 Å². The molecule has 0 fully saturated rings. The molecule has 2 N–H and O–H groups in total. The Hall–Kier alpha value is -1.46. The van der Waals surface area contributed by atoms with Gasteiger partial charge in [-0.05, 0) is 36.7 Å². The summed E-state index contributed by atoms with van der Waals surface area (Å²) in [5.41, 5.74) is 6.54. The molecule has 0 bridgehead atoms. The summed E-state index contributed by atoms with van der Waals surface area (Å²) in [5, 5.41) is 0. The van der Waals surface area contributed by atoms with E-state index in [0.29, 0.717) is 28.6 Å². The van der Waals surface area contributed by atoms with Crippen LogP contribution in [0.25, 0.3) is 0 Å². The van der Waals surface area contributed by atoms with Crippen LogP contribution in [0, 0.1) is 11.6 Å². The van der Waals surface area contributed by atoms with Crippen molar-refractivity contribution in [1.82, 2.24) is 0 Å². The normalized spacial score (nSPS) is 10.6. The number of nitrogens with two attached hydrogens (primary N) is 1. The van der Waals surface area contributed by atoms with Crippen molar-refractivity contribution in [2.45, 2.75) is 13.0 Å². The van der Waals surface area contributed by atoms with Crippen LogP contribution in [0.5, 0.6) is 5.75 Å². The van der Waals surface area contributed by atoms with Crippen molar-refractivity contribution in [3.05, 3.63) is 63.6 Å². The van der Waals surface area contributed by atoms with Crippen LogP contribution in [-0.2, 0) is 13.0 Å². The maximum absolute atomic E-state index is 13.8. The van der Waals surface area contributed by atoms with Crippen molar-refractivity contribution in [3.63, 3.8) is 0 Å². The van der Waals surface area contributed by atoms with Crippen LogP contribution in [0.2, 0.25) is 0 Å². The van der Waals surface area contributed by atoms with Crippen molar-refractivity contribution < 1.29 is 13.5 Å². The fraction of sp³-hybridized carbons (Fsp3) is 0.200.